The normalized spacial score (nSPS) is 14.3. The lowest BCUT2D eigenvalue weighted by Gasteiger charge is -2.20. The maximum absolute atomic E-state index is 14.1. The maximum Gasteiger partial charge on any atom is 0.300 e. The van der Waals surface area contributed by atoms with Gasteiger partial charge in [0.1, 0.15) is 5.75 Å². The average Bonchev–Trinajstić information content (AvgIpc) is 2.56. The Balaban J connectivity index is 2.14. The zero-order valence-electron chi connectivity index (χ0n) is 12.7. The molecule has 1 aliphatic rings. The van der Waals surface area contributed by atoms with Crippen molar-refractivity contribution in [2.45, 2.75) is 30.6 Å². The lowest BCUT2D eigenvalue weighted by atomic mass is 9.91. The van der Waals surface area contributed by atoms with E-state index in [-0.39, 0.29) is 5.75 Å². The third kappa shape index (κ3) is 3.09. The van der Waals surface area contributed by atoms with Gasteiger partial charge in [-0.25, -0.2) is 8.78 Å². The highest BCUT2D eigenvalue weighted by atomic mass is 32.2. The summed E-state index contributed by atoms with van der Waals surface area (Å²) < 4.78 is 91.5. The zero-order valence-corrected chi connectivity index (χ0v) is 13.5. The first-order valence-corrected chi connectivity index (χ1v) is 8.78. The summed E-state index contributed by atoms with van der Waals surface area (Å²) in [5.74, 6) is -9.95. The van der Waals surface area contributed by atoms with Crippen LogP contribution in [0.4, 0.5) is 17.6 Å². The van der Waals surface area contributed by atoms with Crippen LogP contribution < -0.4 is 4.74 Å². The second-order valence-corrected chi connectivity index (χ2v) is 6.95. The highest BCUT2D eigenvalue weighted by Gasteiger charge is 2.33. The average molecular weight is 376 g/mol. The van der Waals surface area contributed by atoms with Crippen molar-refractivity contribution in [2.75, 3.05) is 0 Å². The minimum absolute atomic E-state index is 0.0356. The first-order valence-electron chi connectivity index (χ1n) is 7.34. The van der Waals surface area contributed by atoms with Crippen LogP contribution >= 0.6 is 0 Å². The van der Waals surface area contributed by atoms with Crippen molar-refractivity contribution >= 4 is 10.1 Å². The summed E-state index contributed by atoms with van der Waals surface area (Å²) in [6.07, 6.45) is 3.07. The highest BCUT2D eigenvalue weighted by Crippen LogP contribution is 2.38. The lowest BCUT2D eigenvalue weighted by molar-refractivity contribution is 0.344. The van der Waals surface area contributed by atoms with Gasteiger partial charge in [-0.05, 0) is 42.9 Å². The Morgan fingerprint density at radius 1 is 0.920 bits per heavy atom. The molecule has 0 bridgehead atoms. The molecule has 2 aromatic carbocycles. The molecule has 9 heteroatoms. The number of rotatable bonds is 3. The van der Waals surface area contributed by atoms with Crippen LogP contribution in [0, 0.1) is 23.3 Å². The molecule has 0 unspecified atom stereocenters. The molecular formula is C16H12F4O4S. The van der Waals surface area contributed by atoms with E-state index in [9.17, 15) is 26.0 Å². The van der Waals surface area contributed by atoms with E-state index < -0.39 is 44.0 Å². The Hall–Kier alpha value is -2.13. The molecule has 0 radical (unpaired) electrons. The molecule has 0 saturated carbocycles. The number of aryl methyl sites for hydroxylation is 1. The van der Waals surface area contributed by atoms with E-state index >= 15 is 0 Å². The number of fused-ring (bicyclic) bond motifs is 1. The summed E-state index contributed by atoms with van der Waals surface area (Å²) in [7, 11) is -5.50. The van der Waals surface area contributed by atoms with Gasteiger partial charge in [0.05, 0.1) is 0 Å². The lowest BCUT2D eigenvalue weighted by Crippen LogP contribution is -2.12. The maximum atomic E-state index is 14.1. The van der Waals surface area contributed by atoms with E-state index in [1.54, 1.807) is 6.07 Å². The van der Waals surface area contributed by atoms with Gasteiger partial charge in [0.15, 0.2) is 16.5 Å². The second-order valence-electron chi connectivity index (χ2n) is 5.59. The summed E-state index contributed by atoms with van der Waals surface area (Å²) in [5.41, 5.74) is 1.58. The highest BCUT2D eigenvalue weighted by molar-refractivity contribution is 7.85. The molecule has 0 aliphatic heterocycles. The fourth-order valence-corrected chi connectivity index (χ4v) is 3.49. The van der Waals surface area contributed by atoms with Gasteiger partial charge in [-0.1, -0.05) is 12.1 Å². The molecule has 0 atom stereocenters. The van der Waals surface area contributed by atoms with Crippen LogP contribution in [0.5, 0.6) is 11.5 Å². The minimum Gasteiger partial charge on any atom is -0.451 e. The predicted octanol–water partition coefficient (Wildman–Crippen LogP) is 4.16. The van der Waals surface area contributed by atoms with Gasteiger partial charge in [0.25, 0.3) is 0 Å². The third-order valence-corrected chi connectivity index (χ3v) is 4.88. The van der Waals surface area contributed by atoms with Crippen molar-refractivity contribution in [3.8, 4) is 11.5 Å². The Morgan fingerprint density at radius 3 is 2.12 bits per heavy atom. The van der Waals surface area contributed by atoms with Crippen LogP contribution in [0.1, 0.15) is 24.0 Å². The molecule has 25 heavy (non-hydrogen) atoms. The summed E-state index contributed by atoms with van der Waals surface area (Å²) in [6, 6.07) is 4.79. The Kier molecular flexibility index (Phi) is 4.46. The van der Waals surface area contributed by atoms with Crippen molar-refractivity contribution in [2.24, 2.45) is 0 Å². The van der Waals surface area contributed by atoms with Crippen molar-refractivity contribution in [3.05, 3.63) is 52.6 Å². The number of benzene rings is 2. The molecule has 1 N–H and O–H groups in total. The third-order valence-electron chi connectivity index (χ3n) is 4.01. The Labute approximate surface area is 140 Å². The van der Waals surface area contributed by atoms with Gasteiger partial charge >= 0.3 is 10.1 Å². The van der Waals surface area contributed by atoms with Crippen LogP contribution in [0.25, 0.3) is 0 Å². The molecular weight excluding hydrogens is 364 g/mol. The van der Waals surface area contributed by atoms with Gasteiger partial charge < -0.3 is 4.74 Å². The van der Waals surface area contributed by atoms with Crippen molar-refractivity contribution in [3.63, 3.8) is 0 Å². The number of hydrogen-bond acceptors (Lipinski definition) is 3. The molecule has 0 saturated heterocycles. The molecule has 0 spiro atoms. The smallest absolute Gasteiger partial charge is 0.300 e. The summed E-state index contributed by atoms with van der Waals surface area (Å²) in [5, 5.41) is 0. The van der Waals surface area contributed by atoms with Gasteiger partial charge in [-0.2, -0.15) is 17.2 Å². The predicted molar refractivity (Wildman–Crippen MR) is 79.2 cm³/mol. The quantitative estimate of drug-likeness (QED) is 0.496. The van der Waals surface area contributed by atoms with E-state index in [0.29, 0.717) is 12.0 Å². The molecule has 134 valence electrons. The van der Waals surface area contributed by atoms with Crippen molar-refractivity contribution in [1.82, 2.24) is 0 Å². The second kappa shape index (κ2) is 6.30. The van der Waals surface area contributed by atoms with Crippen LogP contribution in [0.15, 0.2) is 23.1 Å². The van der Waals surface area contributed by atoms with E-state index in [1.807, 2.05) is 6.07 Å². The van der Waals surface area contributed by atoms with Crippen LogP contribution in [0.3, 0.4) is 0 Å². The molecule has 2 aromatic rings. The first kappa shape index (κ1) is 17.7. The topological polar surface area (TPSA) is 63.6 Å². The SMILES string of the molecule is O=S(=O)(O)c1c(F)c(F)c(Oc2cccc3c2CCCC3)c(F)c1F. The van der Waals surface area contributed by atoms with Crippen LogP contribution in [-0.2, 0) is 23.0 Å². The fourth-order valence-electron chi connectivity index (χ4n) is 2.86. The summed E-state index contributed by atoms with van der Waals surface area (Å²) in [4.78, 5) is -2.09. The molecule has 0 amide bonds. The zero-order chi connectivity index (χ0) is 18.4. The molecule has 0 heterocycles. The van der Waals surface area contributed by atoms with Gasteiger partial charge in [-0.15, -0.1) is 0 Å². The molecule has 0 fully saturated rings. The molecule has 1 aliphatic carbocycles. The van der Waals surface area contributed by atoms with Gasteiger partial charge in [0.2, 0.25) is 17.4 Å². The molecule has 0 aromatic heterocycles. The monoisotopic (exact) mass is 376 g/mol. The van der Waals surface area contributed by atoms with E-state index in [0.717, 1.165) is 24.8 Å². The van der Waals surface area contributed by atoms with Gasteiger partial charge in [-0.3, -0.25) is 4.55 Å². The fraction of sp³-hybridized carbons (Fsp3) is 0.250. The largest absolute Gasteiger partial charge is 0.451 e. The number of halogens is 4. The summed E-state index contributed by atoms with van der Waals surface area (Å²) in [6.45, 7) is 0. The molecule has 4 nitrogen and oxygen atoms in total. The van der Waals surface area contributed by atoms with E-state index in [4.69, 9.17) is 9.29 Å². The minimum atomic E-state index is -5.50. The van der Waals surface area contributed by atoms with Crippen molar-refractivity contribution in [1.29, 1.82) is 0 Å². The number of hydrogen-bond donors (Lipinski definition) is 1. The number of ether oxygens (including phenoxy) is 1. The summed E-state index contributed by atoms with van der Waals surface area (Å²) >= 11 is 0. The first-order chi connectivity index (χ1) is 11.7. The van der Waals surface area contributed by atoms with Crippen LogP contribution in [-0.4, -0.2) is 13.0 Å². The van der Waals surface area contributed by atoms with Crippen LogP contribution in [0.2, 0.25) is 0 Å². The van der Waals surface area contributed by atoms with E-state index in [2.05, 4.69) is 0 Å². The van der Waals surface area contributed by atoms with Crippen molar-refractivity contribution < 1.29 is 35.3 Å². The van der Waals surface area contributed by atoms with Gasteiger partial charge in [0, 0.05) is 0 Å². The Morgan fingerprint density at radius 2 is 1.52 bits per heavy atom. The Bertz CT molecular complexity index is 928. The van der Waals surface area contributed by atoms with E-state index in [1.165, 1.54) is 6.07 Å². The standard InChI is InChI=1S/C16H12F4O4S/c17-11-13(19)16(25(21,22)23)14(20)12(18)15(11)24-10-7-3-5-8-4-1-2-6-9(8)10/h3,5,7H,1-2,4,6H2,(H,21,22,23). The molecule has 3 rings (SSSR count).